The van der Waals surface area contributed by atoms with Gasteiger partial charge in [0.15, 0.2) is 0 Å². The molecular weight excluding hydrogens is 194 g/mol. The Morgan fingerprint density at radius 3 is 3.08 bits per heavy atom. The Labute approximate surface area is 81.3 Å². The van der Waals surface area contributed by atoms with Gasteiger partial charge in [0, 0.05) is 25.1 Å². The Hall–Kier alpha value is -1.00. The van der Waals surface area contributed by atoms with Crippen LogP contribution in [0.25, 0.3) is 0 Å². The smallest absolute Gasteiger partial charge is 0.339 e. The van der Waals surface area contributed by atoms with Crippen molar-refractivity contribution in [1.29, 1.82) is 0 Å². The maximum atomic E-state index is 10.6. The van der Waals surface area contributed by atoms with E-state index in [9.17, 15) is 4.79 Å². The number of furan rings is 1. The zero-order chi connectivity index (χ0) is 8.55. The van der Waals surface area contributed by atoms with Gasteiger partial charge >= 0.3 is 5.97 Å². The highest BCUT2D eigenvalue weighted by Gasteiger charge is 2.20. The summed E-state index contributed by atoms with van der Waals surface area (Å²) < 4.78 is 5.13. The van der Waals surface area contributed by atoms with Crippen molar-refractivity contribution < 1.29 is 14.3 Å². The fraction of sp³-hybridized carbons (Fsp3) is 0.375. The van der Waals surface area contributed by atoms with E-state index >= 15 is 0 Å². The molecule has 0 saturated carbocycles. The Morgan fingerprint density at radius 2 is 2.38 bits per heavy atom. The SMILES string of the molecule is Cl.O=C(O)c1coc2c1CNCC2. The largest absolute Gasteiger partial charge is 0.478 e. The van der Waals surface area contributed by atoms with Crippen LogP contribution in [0.2, 0.25) is 0 Å². The van der Waals surface area contributed by atoms with E-state index in [0.717, 1.165) is 24.3 Å². The van der Waals surface area contributed by atoms with E-state index in [4.69, 9.17) is 9.52 Å². The summed E-state index contributed by atoms with van der Waals surface area (Å²) in [7, 11) is 0. The lowest BCUT2D eigenvalue weighted by Gasteiger charge is -2.11. The molecule has 0 bridgehead atoms. The monoisotopic (exact) mass is 203 g/mol. The molecule has 4 nitrogen and oxygen atoms in total. The van der Waals surface area contributed by atoms with Gasteiger partial charge in [0.05, 0.1) is 0 Å². The van der Waals surface area contributed by atoms with Crippen LogP contribution < -0.4 is 5.32 Å². The van der Waals surface area contributed by atoms with Crippen LogP contribution in [0.3, 0.4) is 0 Å². The van der Waals surface area contributed by atoms with Gasteiger partial charge in [-0.05, 0) is 0 Å². The molecule has 0 unspecified atom stereocenters. The first-order valence-electron chi connectivity index (χ1n) is 3.82. The summed E-state index contributed by atoms with van der Waals surface area (Å²) in [6, 6.07) is 0. The Bertz CT molecular complexity index is 321. The molecule has 5 heteroatoms. The normalized spacial score (nSPS) is 14.5. The van der Waals surface area contributed by atoms with Gasteiger partial charge in [-0.1, -0.05) is 0 Å². The highest BCUT2D eigenvalue weighted by molar-refractivity contribution is 5.89. The molecule has 0 fully saturated rings. The third-order valence-electron chi connectivity index (χ3n) is 2.04. The van der Waals surface area contributed by atoms with E-state index in [1.165, 1.54) is 6.26 Å². The Balaban J connectivity index is 0.000000845. The molecule has 0 spiro atoms. The van der Waals surface area contributed by atoms with Gasteiger partial charge in [-0.25, -0.2) is 4.79 Å². The van der Waals surface area contributed by atoms with Crippen molar-refractivity contribution in [2.24, 2.45) is 0 Å². The van der Waals surface area contributed by atoms with Gasteiger partial charge in [-0.3, -0.25) is 0 Å². The maximum Gasteiger partial charge on any atom is 0.339 e. The standard InChI is InChI=1S/C8H9NO3.ClH/c10-8(11)6-4-12-7-1-2-9-3-5(6)7;/h4,9H,1-3H2,(H,10,11);1H. The summed E-state index contributed by atoms with van der Waals surface area (Å²) in [4.78, 5) is 10.6. The van der Waals surface area contributed by atoms with Gasteiger partial charge in [0.25, 0.3) is 0 Å². The fourth-order valence-corrected chi connectivity index (χ4v) is 1.42. The van der Waals surface area contributed by atoms with E-state index in [2.05, 4.69) is 5.32 Å². The summed E-state index contributed by atoms with van der Waals surface area (Å²) in [5, 5.41) is 11.8. The number of halogens is 1. The highest BCUT2D eigenvalue weighted by Crippen LogP contribution is 2.20. The second-order valence-electron chi connectivity index (χ2n) is 2.78. The van der Waals surface area contributed by atoms with Crippen molar-refractivity contribution in [2.45, 2.75) is 13.0 Å². The Kier molecular flexibility index (Phi) is 2.95. The second-order valence-corrected chi connectivity index (χ2v) is 2.78. The van der Waals surface area contributed by atoms with Gasteiger partial charge in [-0.2, -0.15) is 0 Å². The number of nitrogens with one attached hydrogen (secondary N) is 1. The molecule has 13 heavy (non-hydrogen) atoms. The van der Waals surface area contributed by atoms with Crippen LogP contribution >= 0.6 is 12.4 Å². The minimum atomic E-state index is -0.913. The quantitative estimate of drug-likeness (QED) is 0.716. The summed E-state index contributed by atoms with van der Waals surface area (Å²) in [5.74, 6) is -0.102. The number of carboxylic acids is 1. The summed E-state index contributed by atoms with van der Waals surface area (Å²) >= 11 is 0. The van der Waals surface area contributed by atoms with Crippen molar-refractivity contribution >= 4 is 18.4 Å². The minimum Gasteiger partial charge on any atom is -0.478 e. The summed E-state index contributed by atoms with van der Waals surface area (Å²) in [6.07, 6.45) is 2.10. The van der Waals surface area contributed by atoms with Crippen LogP contribution in [0.4, 0.5) is 0 Å². The lowest BCUT2D eigenvalue weighted by atomic mass is 10.1. The van der Waals surface area contributed by atoms with Crippen molar-refractivity contribution in [2.75, 3.05) is 6.54 Å². The van der Waals surface area contributed by atoms with E-state index in [1.807, 2.05) is 0 Å². The fourth-order valence-electron chi connectivity index (χ4n) is 1.42. The number of rotatable bonds is 1. The topological polar surface area (TPSA) is 62.5 Å². The van der Waals surface area contributed by atoms with Crippen molar-refractivity contribution in [3.05, 3.63) is 23.2 Å². The number of hydrogen-bond acceptors (Lipinski definition) is 3. The second kappa shape index (κ2) is 3.81. The summed E-state index contributed by atoms with van der Waals surface area (Å²) in [5.41, 5.74) is 1.09. The molecule has 1 aliphatic heterocycles. The molecule has 0 amide bonds. The average molecular weight is 204 g/mol. The first kappa shape index (κ1) is 10.1. The average Bonchev–Trinajstić information content (AvgIpc) is 2.47. The molecule has 2 rings (SSSR count). The molecule has 0 aliphatic carbocycles. The predicted octanol–water partition coefficient (Wildman–Crippen LogP) is 1.05. The molecule has 2 heterocycles. The van der Waals surface area contributed by atoms with Crippen LogP contribution in [0, 0.1) is 0 Å². The molecular formula is C8H10ClNO3. The Morgan fingerprint density at radius 1 is 1.62 bits per heavy atom. The van der Waals surface area contributed by atoms with Gasteiger partial charge in [0.1, 0.15) is 17.6 Å². The van der Waals surface area contributed by atoms with Gasteiger partial charge in [-0.15, -0.1) is 12.4 Å². The van der Waals surface area contributed by atoms with Crippen LogP contribution in [-0.2, 0) is 13.0 Å². The van der Waals surface area contributed by atoms with Crippen molar-refractivity contribution in [3.63, 3.8) is 0 Å². The third kappa shape index (κ3) is 1.68. The van der Waals surface area contributed by atoms with E-state index in [0.29, 0.717) is 6.54 Å². The molecule has 1 aromatic rings. The summed E-state index contributed by atoms with van der Waals surface area (Å²) in [6.45, 7) is 1.47. The van der Waals surface area contributed by atoms with Crippen LogP contribution in [0.1, 0.15) is 21.7 Å². The van der Waals surface area contributed by atoms with Crippen LogP contribution in [0.5, 0.6) is 0 Å². The first-order chi connectivity index (χ1) is 5.79. The van der Waals surface area contributed by atoms with Crippen LogP contribution in [-0.4, -0.2) is 17.6 Å². The molecule has 0 saturated heterocycles. The number of aromatic carboxylic acids is 1. The molecule has 2 N–H and O–H groups in total. The zero-order valence-electron chi connectivity index (χ0n) is 6.87. The predicted molar refractivity (Wildman–Crippen MR) is 48.3 cm³/mol. The zero-order valence-corrected chi connectivity index (χ0v) is 7.69. The molecule has 0 aromatic carbocycles. The van der Waals surface area contributed by atoms with Crippen LogP contribution in [0.15, 0.2) is 10.7 Å². The highest BCUT2D eigenvalue weighted by atomic mass is 35.5. The lowest BCUT2D eigenvalue weighted by Crippen LogP contribution is -2.23. The van der Waals surface area contributed by atoms with E-state index < -0.39 is 5.97 Å². The number of hydrogen-bond donors (Lipinski definition) is 2. The van der Waals surface area contributed by atoms with Crippen molar-refractivity contribution in [1.82, 2.24) is 5.32 Å². The molecule has 0 atom stereocenters. The maximum absolute atomic E-state index is 10.6. The number of carbonyl (C=O) groups is 1. The molecule has 72 valence electrons. The van der Waals surface area contributed by atoms with E-state index in [1.54, 1.807) is 0 Å². The third-order valence-corrected chi connectivity index (χ3v) is 2.04. The lowest BCUT2D eigenvalue weighted by molar-refractivity contribution is 0.0695. The van der Waals surface area contributed by atoms with Gasteiger partial charge < -0.3 is 14.8 Å². The minimum absolute atomic E-state index is 0. The first-order valence-corrected chi connectivity index (χ1v) is 3.82. The number of fused-ring (bicyclic) bond motifs is 1. The molecule has 1 aliphatic rings. The van der Waals surface area contributed by atoms with E-state index in [-0.39, 0.29) is 18.0 Å². The van der Waals surface area contributed by atoms with Crippen molar-refractivity contribution in [3.8, 4) is 0 Å². The number of carboxylic acid groups (broad SMARTS) is 1. The van der Waals surface area contributed by atoms with Gasteiger partial charge in [0.2, 0.25) is 0 Å². The molecule has 0 radical (unpaired) electrons. The molecule has 1 aromatic heterocycles.